The fourth-order valence-electron chi connectivity index (χ4n) is 2.41. The van der Waals surface area contributed by atoms with Crippen LogP contribution in [-0.4, -0.2) is 6.54 Å². The summed E-state index contributed by atoms with van der Waals surface area (Å²) in [6, 6.07) is 7.08. The molecule has 21 heavy (non-hydrogen) atoms. The van der Waals surface area contributed by atoms with Crippen LogP contribution in [0.4, 0.5) is 13.2 Å². The summed E-state index contributed by atoms with van der Waals surface area (Å²) >= 11 is 0. The minimum Gasteiger partial charge on any atom is -0.310 e. The molecule has 1 nitrogen and oxygen atoms in total. The van der Waals surface area contributed by atoms with E-state index in [-0.39, 0.29) is 17.2 Å². The highest BCUT2D eigenvalue weighted by Gasteiger charge is 2.18. The maximum atomic E-state index is 14.2. The number of hydrogen-bond acceptors (Lipinski definition) is 1. The summed E-state index contributed by atoms with van der Waals surface area (Å²) in [6.45, 7) is 6.08. The van der Waals surface area contributed by atoms with E-state index in [4.69, 9.17) is 0 Å². The molecule has 0 saturated heterocycles. The van der Waals surface area contributed by atoms with E-state index in [0.29, 0.717) is 5.56 Å². The maximum absolute atomic E-state index is 14.2. The van der Waals surface area contributed by atoms with Gasteiger partial charge in [0.2, 0.25) is 0 Å². The van der Waals surface area contributed by atoms with E-state index in [2.05, 4.69) is 5.32 Å². The molecule has 0 aliphatic carbocycles. The van der Waals surface area contributed by atoms with Gasteiger partial charge in [0.25, 0.3) is 0 Å². The Kier molecular flexibility index (Phi) is 4.68. The monoisotopic (exact) mass is 293 g/mol. The highest BCUT2D eigenvalue weighted by atomic mass is 19.2. The van der Waals surface area contributed by atoms with Crippen molar-refractivity contribution >= 4 is 0 Å². The van der Waals surface area contributed by atoms with Crippen LogP contribution >= 0.6 is 0 Å². The second-order valence-corrected chi connectivity index (χ2v) is 5.07. The Hall–Kier alpha value is -1.81. The van der Waals surface area contributed by atoms with Crippen molar-refractivity contribution in [2.45, 2.75) is 26.8 Å². The summed E-state index contributed by atoms with van der Waals surface area (Å²) in [5.41, 5.74) is 1.42. The lowest BCUT2D eigenvalue weighted by Crippen LogP contribution is -2.18. The first-order valence-corrected chi connectivity index (χ1v) is 6.93. The van der Waals surface area contributed by atoms with Crippen LogP contribution in [0.1, 0.15) is 31.0 Å². The van der Waals surface area contributed by atoms with E-state index >= 15 is 0 Å². The normalized spacial score (nSPS) is 12.5. The number of benzene rings is 2. The molecule has 2 rings (SSSR count). The van der Waals surface area contributed by atoms with Crippen molar-refractivity contribution in [3.63, 3.8) is 0 Å². The van der Waals surface area contributed by atoms with Crippen molar-refractivity contribution < 1.29 is 13.2 Å². The SMILES string of the molecule is CCNC(C)c1ccc(F)cc1-c1ccc(C)c(F)c1F. The van der Waals surface area contributed by atoms with Gasteiger partial charge in [-0.15, -0.1) is 0 Å². The predicted octanol–water partition coefficient (Wildman–Crippen LogP) is 4.75. The van der Waals surface area contributed by atoms with Crippen LogP contribution in [0.2, 0.25) is 0 Å². The van der Waals surface area contributed by atoms with Gasteiger partial charge in [-0.05, 0) is 49.2 Å². The predicted molar refractivity (Wildman–Crippen MR) is 78.6 cm³/mol. The van der Waals surface area contributed by atoms with Crippen LogP contribution < -0.4 is 5.32 Å². The van der Waals surface area contributed by atoms with Crippen molar-refractivity contribution in [3.05, 3.63) is 58.9 Å². The first kappa shape index (κ1) is 15.6. The number of halogens is 3. The van der Waals surface area contributed by atoms with Crippen molar-refractivity contribution in [1.82, 2.24) is 5.32 Å². The highest BCUT2D eigenvalue weighted by molar-refractivity contribution is 5.69. The highest BCUT2D eigenvalue weighted by Crippen LogP contribution is 2.32. The Morgan fingerprint density at radius 1 is 1.00 bits per heavy atom. The van der Waals surface area contributed by atoms with E-state index in [1.54, 1.807) is 6.07 Å². The quantitative estimate of drug-likeness (QED) is 0.857. The molecule has 0 saturated carbocycles. The molecule has 0 aliphatic rings. The van der Waals surface area contributed by atoms with Crippen molar-refractivity contribution in [3.8, 4) is 11.1 Å². The van der Waals surface area contributed by atoms with Gasteiger partial charge in [0.1, 0.15) is 5.82 Å². The Balaban J connectivity index is 2.62. The molecule has 2 aromatic rings. The van der Waals surface area contributed by atoms with Gasteiger partial charge in [0.05, 0.1) is 0 Å². The molecule has 0 amide bonds. The summed E-state index contributed by atoms with van der Waals surface area (Å²) in [5, 5.41) is 3.20. The largest absolute Gasteiger partial charge is 0.310 e. The number of hydrogen-bond donors (Lipinski definition) is 1. The first-order valence-electron chi connectivity index (χ1n) is 6.93. The van der Waals surface area contributed by atoms with Crippen molar-refractivity contribution in [2.75, 3.05) is 6.54 Å². The van der Waals surface area contributed by atoms with Gasteiger partial charge >= 0.3 is 0 Å². The first-order chi connectivity index (χ1) is 9.95. The second-order valence-electron chi connectivity index (χ2n) is 5.07. The van der Waals surface area contributed by atoms with E-state index < -0.39 is 17.5 Å². The van der Waals surface area contributed by atoms with Crippen LogP contribution in [0.3, 0.4) is 0 Å². The molecular weight excluding hydrogens is 275 g/mol. The third-order valence-electron chi connectivity index (χ3n) is 3.56. The Bertz CT molecular complexity index is 653. The van der Waals surface area contributed by atoms with E-state index in [9.17, 15) is 13.2 Å². The topological polar surface area (TPSA) is 12.0 Å². The number of rotatable bonds is 4. The molecule has 0 fully saturated rings. The molecule has 0 aliphatic heterocycles. The lowest BCUT2D eigenvalue weighted by molar-refractivity contribution is 0.505. The average Bonchev–Trinajstić information content (AvgIpc) is 2.45. The number of aryl methyl sites for hydroxylation is 1. The van der Waals surface area contributed by atoms with Gasteiger partial charge in [-0.1, -0.05) is 25.1 Å². The minimum atomic E-state index is -0.939. The zero-order valence-corrected chi connectivity index (χ0v) is 12.3. The Morgan fingerprint density at radius 2 is 1.71 bits per heavy atom. The fraction of sp³-hybridized carbons (Fsp3) is 0.294. The molecule has 0 spiro atoms. The van der Waals surface area contributed by atoms with E-state index in [1.165, 1.54) is 31.2 Å². The zero-order chi connectivity index (χ0) is 15.6. The van der Waals surface area contributed by atoms with Crippen LogP contribution in [0, 0.1) is 24.4 Å². The molecular formula is C17H18F3N. The molecule has 1 N–H and O–H groups in total. The van der Waals surface area contributed by atoms with Crippen LogP contribution in [0.25, 0.3) is 11.1 Å². The van der Waals surface area contributed by atoms with Crippen LogP contribution in [-0.2, 0) is 0 Å². The minimum absolute atomic E-state index is 0.0809. The molecule has 4 heteroatoms. The lowest BCUT2D eigenvalue weighted by Gasteiger charge is -2.18. The van der Waals surface area contributed by atoms with Gasteiger partial charge in [0, 0.05) is 11.6 Å². The number of nitrogens with one attached hydrogen (secondary N) is 1. The summed E-state index contributed by atoms with van der Waals surface area (Å²) in [4.78, 5) is 0. The van der Waals surface area contributed by atoms with Gasteiger partial charge in [-0.3, -0.25) is 0 Å². The van der Waals surface area contributed by atoms with Gasteiger partial charge < -0.3 is 5.32 Å². The molecule has 1 atom stereocenters. The smallest absolute Gasteiger partial charge is 0.166 e. The van der Waals surface area contributed by atoms with Gasteiger partial charge in [-0.2, -0.15) is 0 Å². The standard InChI is InChI=1S/C17H18F3N/c1-4-21-11(3)13-8-6-12(18)9-15(13)14-7-5-10(2)16(19)17(14)20/h5-9,11,21H,4H2,1-3H3. The molecule has 0 aromatic heterocycles. The Labute approximate surface area is 122 Å². The average molecular weight is 293 g/mol. The van der Waals surface area contributed by atoms with Crippen LogP contribution in [0.15, 0.2) is 30.3 Å². The van der Waals surface area contributed by atoms with E-state index in [1.807, 2.05) is 13.8 Å². The third kappa shape index (κ3) is 3.10. The molecule has 112 valence electrons. The van der Waals surface area contributed by atoms with Crippen LogP contribution in [0.5, 0.6) is 0 Å². The molecule has 0 heterocycles. The summed E-state index contributed by atoms with van der Waals surface area (Å²) in [7, 11) is 0. The summed E-state index contributed by atoms with van der Waals surface area (Å²) < 4.78 is 41.5. The molecule has 2 aromatic carbocycles. The maximum Gasteiger partial charge on any atom is 0.166 e. The second kappa shape index (κ2) is 6.31. The van der Waals surface area contributed by atoms with Crippen molar-refractivity contribution in [1.29, 1.82) is 0 Å². The lowest BCUT2D eigenvalue weighted by atomic mass is 9.94. The van der Waals surface area contributed by atoms with Gasteiger partial charge in [0.15, 0.2) is 11.6 Å². The summed E-state index contributed by atoms with van der Waals surface area (Å²) in [5.74, 6) is -2.30. The fourth-order valence-corrected chi connectivity index (χ4v) is 2.41. The molecule has 1 unspecified atom stereocenters. The molecule has 0 bridgehead atoms. The Morgan fingerprint density at radius 3 is 2.38 bits per heavy atom. The van der Waals surface area contributed by atoms with E-state index in [0.717, 1.165) is 12.1 Å². The summed E-state index contributed by atoms with van der Waals surface area (Å²) in [6.07, 6.45) is 0. The van der Waals surface area contributed by atoms with Crippen molar-refractivity contribution in [2.24, 2.45) is 0 Å². The molecule has 0 radical (unpaired) electrons. The van der Waals surface area contributed by atoms with Gasteiger partial charge in [-0.25, -0.2) is 13.2 Å². The third-order valence-corrected chi connectivity index (χ3v) is 3.56. The zero-order valence-electron chi connectivity index (χ0n) is 12.3.